The first-order valence-corrected chi connectivity index (χ1v) is 26.8. The van der Waals surface area contributed by atoms with E-state index in [0.717, 1.165) is 68.6 Å². The van der Waals surface area contributed by atoms with Crippen LogP contribution in [-0.4, -0.2) is 18.7 Å². The Morgan fingerprint density at radius 2 is 0.762 bits per heavy atom. The number of fused-ring (bicyclic) bond motifs is 2. The summed E-state index contributed by atoms with van der Waals surface area (Å²) in [6.07, 6.45) is 38.0. The van der Waals surface area contributed by atoms with Crippen molar-refractivity contribution < 1.29 is 0 Å². The lowest BCUT2D eigenvalue weighted by Crippen LogP contribution is -2.00. The van der Waals surface area contributed by atoms with Gasteiger partial charge in [-0.25, -0.2) is 9.97 Å². The van der Waals surface area contributed by atoms with Crippen LogP contribution < -0.4 is 0 Å². The highest BCUT2D eigenvalue weighted by Crippen LogP contribution is 2.38. The number of benzene rings is 3. The first-order valence-electron chi connectivity index (χ1n) is 24.3. The van der Waals surface area contributed by atoms with Gasteiger partial charge in [0.2, 0.25) is 0 Å². The van der Waals surface area contributed by atoms with Gasteiger partial charge >= 0.3 is 0 Å². The van der Waals surface area contributed by atoms with E-state index in [1.54, 1.807) is 22.7 Å². The van der Waals surface area contributed by atoms with Crippen LogP contribution in [-0.2, 0) is 12.8 Å². The second-order valence-corrected chi connectivity index (χ2v) is 19.8. The molecule has 0 spiro atoms. The van der Waals surface area contributed by atoms with Crippen molar-refractivity contribution in [3.05, 3.63) is 116 Å². The lowest BCUT2D eigenvalue weighted by atomic mass is 9.97. The molecule has 0 saturated heterocycles. The van der Waals surface area contributed by atoms with Gasteiger partial charge in [-0.05, 0) is 84.0 Å². The van der Waals surface area contributed by atoms with E-state index in [9.17, 15) is 0 Å². The van der Waals surface area contributed by atoms with Crippen LogP contribution in [0.25, 0.3) is 68.9 Å². The van der Waals surface area contributed by atoms with Gasteiger partial charge in [-0.2, -0.15) is 8.75 Å². The number of hydrogen-bond donors (Lipinski definition) is 0. The molecular formula is C56H68N4S3. The first kappa shape index (κ1) is 46.7. The summed E-state index contributed by atoms with van der Waals surface area (Å²) in [7, 11) is 0. The predicted molar refractivity (Wildman–Crippen MR) is 279 cm³/mol. The quantitative estimate of drug-likeness (QED) is 0.0460. The van der Waals surface area contributed by atoms with Crippen molar-refractivity contribution in [2.45, 2.75) is 155 Å². The zero-order chi connectivity index (χ0) is 43.3. The van der Waals surface area contributed by atoms with Gasteiger partial charge in [-0.3, -0.25) is 0 Å². The second kappa shape index (κ2) is 25.9. The van der Waals surface area contributed by atoms with E-state index in [1.165, 1.54) is 161 Å². The van der Waals surface area contributed by atoms with Crippen molar-refractivity contribution in [2.75, 3.05) is 0 Å². The first-order chi connectivity index (χ1) is 31.2. The number of aryl methyl sites for hydroxylation is 2. The van der Waals surface area contributed by atoms with Crippen LogP contribution in [0.15, 0.2) is 83.6 Å². The number of nitrogens with zero attached hydrogens (tertiary/aromatic N) is 4. The standard InChI is InChI=1S/C56H68N4S3/c1-3-5-7-9-11-13-15-17-19-21-25-43-29-33-45(34-30-43)51-52(46-35-31-44(32-36-46)26-22-20-18-16-14-12-10-8-6-4-2)58-54-50(40-38-48-28-24-42-62-48)56-55(59-63-60-56)49(53(54)57-51)39-37-47-27-23-41-61-47/h23-24,27-42H,3-22,25-26H2,1-2H3/b39-37+,40-38+. The molecule has 4 aromatic heterocycles. The van der Waals surface area contributed by atoms with Crippen LogP contribution in [0.5, 0.6) is 0 Å². The van der Waals surface area contributed by atoms with Crippen LogP contribution in [0.2, 0.25) is 0 Å². The molecule has 0 amide bonds. The lowest BCUT2D eigenvalue weighted by molar-refractivity contribution is 0.556. The van der Waals surface area contributed by atoms with Gasteiger partial charge in [-0.1, -0.05) is 190 Å². The predicted octanol–water partition coefficient (Wildman–Crippen LogP) is 18.4. The molecule has 0 aliphatic rings. The van der Waals surface area contributed by atoms with Gasteiger partial charge in [0.1, 0.15) is 11.0 Å². The normalized spacial score (nSPS) is 12.0. The summed E-state index contributed by atoms with van der Waals surface area (Å²) >= 11 is 4.71. The van der Waals surface area contributed by atoms with E-state index in [1.807, 2.05) is 0 Å². The van der Waals surface area contributed by atoms with Crippen LogP contribution in [0.4, 0.5) is 0 Å². The molecule has 0 saturated carbocycles. The van der Waals surface area contributed by atoms with Gasteiger partial charge in [0.25, 0.3) is 0 Å². The number of hydrogen-bond acceptors (Lipinski definition) is 7. The molecule has 0 unspecified atom stereocenters. The van der Waals surface area contributed by atoms with Gasteiger partial charge in [0, 0.05) is 32.0 Å². The molecule has 4 heterocycles. The largest absolute Gasteiger partial charge is 0.243 e. The molecule has 0 radical (unpaired) electrons. The molecule has 0 bridgehead atoms. The summed E-state index contributed by atoms with van der Waals surface area (Å²) in [5.74, 6) is 0. The average molecular weight is 893 g/mol. The number of aromatic nitrogens is 4. The Labute approximate surface area is 390 Å². The van der Waals surface area contributed by atoms with Crippen LogP contribution in [0.3, 0.4) is 0 Å². The van der Waals surface area contributed by atoms with Crippen LogP contribution >= 0.6 is 34.4 Å². The SMILES string of the molecule is CCCCCCCCCCCCc1ccc(-c2nc3c(/C=C/c4cccs4)c4nsnc4c(/C=C/c4cccs4)c3nc2-c2ccc(CCCCCCCCCCCC)cc2)cc1. The lowest BCUT2D eigenvalue weighted by Gasteiger charge is -2.15. The van der Waals surface area contributed by atoms with E-state index < -0.39 is 0 Å². The molecular weight excluding hydrogens is 825 g/mol. The molecule has 0 N–H and O–H groups in total. The van der Waals surface area contributed by atoms with Crippen molar-refractivity contribution in [1.29, 1.82) is 0 Å². The molecule has 0 aliphatic heterocycles. The van der Waals surface area contributed by atoms with Crippen molar-refractivity contribution in [1.82, 2.24) is 18.7 Å². The van der Waals surface area contributed by atoms with Crippen LogP contribution in [0.1, 0.15) is 174 Å². The van der Waals surface area contributed by atoms with Crippen molar-refractivity contribution in [3.8, 4) is 22.5 Å². The Morgan fingerprint density at radius 3 is 1.11 bits per heavy atom. The molecule has 63 heavy (non-hydrogen) atoms. The Morgan fingerprint density at radius 1 is 0.397 bits per heavy atom. The molecule has 7 rings (SSSR count). The summed E-state index contributed by atoms with van der Waals surface area (Å²) in [5.41, 5.74) is 12.1. The van der Waals surface area contributed by atoms with Crippen molar-refractivity contribution in [2.24, 2.45) is 0 Å². The highest BCUT2D eigenvalue weighted by molar-refractivity contribution is 7.11. The number of thiophene rings is 2. The molecule has 0 fully saturated rings. The maximum Gasteiger partial charge on any atom is 0.114 e. The highest BCUT2D eigenvalue weighted by Gasteiger charge is 2.22. The molecule has 0 aliphatic carbocycles. The van der Waals surface area contributed by atoms with Crippen molar-refractivity contribution in [3.63, 3.8) is 0 Å². The molecule has 330 valence electrons. The minimum atomic E-state index is 0.847. The Balaban J connectivity index is 1.17. The third kappa shape index (κ3) is 13.8. The fourth-order valence-corrected chi connectivity index (χ4v) is 10.5. The van der Waals surface area contributed by atoms with E-state index in [4.69, 9.17) is 18.7 Å². The zero-order valence-corrected chi connectivity index (χ0v) is 40.4. The van der Waals surface area contributed by atoms with Gasteiger partial charge in [0.15, 0.2) is 0 Å². The van der Waals surface area contributed by atoms with E-state index in [-0.39, 0.29) is 0 Å². The molecule has 3 aromatic carbocycles. The molecule has 4 nitrogen and oxygen atoms in total. The van der Waals surface area contributed by atoms with Gasteiger partial charge in [-0.15, -0.1) is 22.7 Å². The second-order valence-electron chi connectivity index (χ2n) is 17.4. The Bertz CT molecular complexity index is 2250. The topological polar surface area (TPSA) is 51.6 Å². The highest BCUT2D eigenvalue weighted by atomic mass is 32.1. The Hall–Kier alpha value is -4.30. The third-order valence-corrected chi connectivity index (χ3v) is 14.6. The van der Waals surface area contributed by atoms with E-state index in [0.29, 0.717) is 0 Å². The minimum Gasteiger partial charge on any atom is -0.243 e. The van der Waals surface area contributed by atoms with Crippen molar-refractivity contribution >= 4 is 80.8 Å². The third-order valence-electron chi connectivity index (χ3n) is 12.4. The smallest absolute Gasteiger partial charge is 0.114 e. The van der Waals surface area contributed by atoms with E-state index in [2.05, 4.69) is 122 Å². The molecule has 7 aromatic rings. The average Bonchev–Trinajstić information content (AvgIpc) is 4.14. The maximum atomic E-state index is 5.64. The zero-order valence-electron chi connectivity index (χ0n) is 38.0. The summed E-state index contributed by atoms with van der Waals surface area (Å²) < 4.78 is 9.78. The number of rotatable bonds is 28. The maximum absolute atomic E-state index is 5.64. The van der Waals surface area contributed by atoms with Gasteiger partial charge in [0.05, 0.1) is 34.1 Å². The summed E-state index contributed by atoms with van der Waals surface area (Å²) in [4.78, 5) is 13.6. The summed E-state index contributed by atoms with van der Waals surface area (Å²) in [6, 6.07) is 26.8. The fourth-order valence-electron chi connectivity index (χ4n) is 8.69. The summed E-state index contributed by atoms with van der Waals surface area (Å²) in [5, 5.41) is 4.23. The van der Waals surface area contributed by atoms with Gasteiger partial charge < -0.3 is 0 Å². The van der Waals surface area contributed by atoms with Crippen LogP contribution in [0, 0.1) is 0 Å². The monoisotopic (exact) mass is 892 g/mol. The fraction of sp³-hybridized carbons (Fsp3) is 0.429. The summed E-state index contributed by atoms with van der Waals surface area (Å²) in [6.45, 7) is 4.59. The molecule has 7 heteroatoms. The Kier molecular flexibility index (Phi) is 19.2. The van der Waals surface area contributed by atoms with E-state index >= 15 is 0 Å². The molecule has 0 atom stereocenters. The number of unbranched alkanes of at least 4 members (excludes halogenated alkanes) is 18. The minimum absolute atomic E-state index is 0.847.